The molecule has 0 aromatic heterocycles. The zero-order valence-electron chi connectivity index (χ0n) is 11.9. The third-order valence-electron chi connectivity index (χ3n) is 4.10. The van der Waals surface area contributed by atoms with Gasteiger partial charge in [0.1, 0.15) is 5.60 Å². The van der Waals surface area contributed by atoms with Crippen LogP contribution in [0.4, 0.5) is 0 Å². The largest absolute Gasteiger partial charge is 0.450 e. The second-order valence-corrected chi connectivity index (χ2v) is 5.11. The Morgan fingerprint density at radius 2 is 1.89 bits per heavy atom. The van der Waals surface area contributed by atoms with Gasteiger partial charge in [0.25, 0.3) is 5.91 Å². The monoisotopic (exact) mass is 266 g/mol. The minimum atomic E-state index is -0.688. The maximum atomic E-state index is 12.7. The molecule has 2 rings (SSSR count). The van der Waals surface area contributed by atoms with E-state index in [1.165, 1.54) is 0 Å². The molecular formula is C14H22N2O3. The van der Waals surface area contributed by atoms with E-state index in [2.05, 4.69) is 5.32 Å². The van der Waals surface area contributed by atoms with Gasteiger partial charge in [-0.3, -0.25) is 4.79 Å². The van der Waals surface area contributed by atoms with Crippen LogP contribution in [-0.4, -0.2) is 48.6 Å². The normalized spacial score (nSPS) is 21.7. The zero-order chi connectivity index (χ0) is 14.0. The number of likely N-dealkylation sites (N-methyl/N-ethyl adjacent to an activating group) is 1. The lowest BCUT2D eigenvalue weighted by Crippen LogP contribution is -2.48. The number of nitrogens with one attached hydrogen (secondary N) is 1. The Morgan fingerprint density at radius 1 is 1.32 bits per heavy atom. The van der Waals surface area contributed by atoms with Gasteiger partial charge in [0.15, 0.2) is 0 Å². The van der Waals surface area contributed by atoms with E-state index in [0.29, 0.717) is 37.1 Å². The fourth-order valence-corrected chi connectivity index (χ4v) is 2.96. The number of piperidine rings is 1. The Kier molecular flexibility index (Phi) is 3.94. The van der Waals surface area contributed by atoms with Gasteiger partial charge in [-0.2, -0.15) is 0 Å². The minimum Gasteiger partial charge on any atom is -0.450 e. The molecule has 2 aliphatic heterocycles. The molecule has 1 fully saturated rings. The van der Waals surface area contributed by atoms with E-state index in [1.807, 2.05) is 13.8 Å². The number of hydrogen-bond acceptors (Lipinski definition) is 4. The fourth-order valence-electron chi connectivity index (χ4n) is 2.96. The highest BCUT2D eigenvalue weighted by Crippen LogP contribution is 2.40. The molecular weight excluding hydrogens is 244 g/mol. The van der Waals surface area contributed by atoms with Crippen molar-refractivity contribution in [1.29, 1.82) is 0 Å². The number of rotatable bonds is 3. The van der Waals surface area contributed by atoms with Gasteiger partial charge < -0.3 is 15.0 Å². The van der Waals surface area contributed by atoms with Crippen LogP contribution in [-0.2, 0) is 14.3 Å². The van der Waals surface area contributed by atoms with Gasteiger partial charge in [0, 0.05) is 31.5 Å². The van der Waals surface area contributed by atoms with Crippen LogP contribution >= 0.6 is 0 Å². The molecule has 0 radical (unpaired) electrons. The molecule has 0 atom stereocenters. The number of ether oxygens (including phenoxy) is 1. The van der Waals surface area contributed by atoms with Crippen molar-refractivity contribution in [2.45, 2.75) is 39.2 Å². The molecule has 0 aliphatic carbocycles. The van der Waals surface area contributed by atoms with E-state index in [0.717, 1.165) is 13.1 Å². The van der Waals surface area contributed by atoms with E-state index in [1.54, 1.807) is 11.8 Å². The summed E-state index contributed by atoms with van der Waals surface area (Å²) < 4.78 is 5.57. The Balaban J connectivity index is 2.37. The van der Waals surface area contributed by atoms with E-state index < -0.39 is 5.60 Å². The molecule has 0 saturated carbocycles. The third-order valence-corrected chi connectivity index (χ3v) is 4.10. The SMILES string of the molecule is CCN(CC)C(=O)C1=C(C)C(=O)OC12CCNCC2. The minimum absolute atomic E-state index is 0.0461. The molecule has 2 aliphatic rings. The van der Waals surface area contributed by atoms with E-state index in [-0.39, 0.29) is 11.9 Å². The summed E-state index contributed by atoms with van der Waals surface area (Å²) in [6.45, 7) is 8.44. The Hall–Kier alpha value is -1.36. The Labute approximate surface area is 114 Å². The first-order valence-electron chi connectivity index (χ1n) is 7.00. The molecule has 106 valence electrons. The van der Waals surface area contributed by atoms with Crippen LogP contribution in [0.1, 0.15) is 33.6 Å². The summed E-state index contributed by atoms with van der Waals surface area (Å²) in [4.78, 5) is 26.3. The van der Waals surface area contributed by atoms with Crippen molar-refractivity contribution in [3.63, 3.8) is 0 Å². The highest BCUT2D eigenvalue weighted by molar-refractivity contribution is 6.07. The van der Waals surface area contributed by atoms with Gasteiger partial charge in [-0.1, -0.05) is 0 Å². The number of nitrogens with zero attached hydrogens (tertiary/aromatic N) is 1. The highest BCUT2D eigenvalue weighted by atomic mass is 16.6. The van der Waals surface area contributed by atoms with E-state index in [9.17, 15) is 9.59 Å². The lowest BCUT2D eigenvalue weighted by molar-refractivity contribution is -0.149. The third kappa shape index (κ3) is 2.27. The van der Waals surface area contributed by atoms with Gasteiger partial charge in [-0.15, -0.1) is 0 Å². The molecule has 2 heterocycles. The van der Waals surface area contributed by atoms with Crippen molar-refractivity contribution < 1.29 is 14.3 Å². The van der Waals surface area contributed by atoms with Crippen LogP contribution < -0.4 is 5.32 Å². The van der Waals surface area contributed by atoms with Crippen molar-refractivity contribution >= 4 is 11.9 Å². The molecule has 0 unspecified atom stereocenters. The summed E-state index contributed by atoms with van der Waals surface area (Å²) in [5.74, 6) is -0.382. The number of carbonyl (C=O) groups excluding carboxylic acids is 2. The summed E-state index contributed by atoms with van der Waals surface area (Å²) in [5.41, 5.74) is 0.382. The summed E-state index contributed by atoms with van der Waals surface area (Å²) in [6.07, 6.45) is 1.36. The lowest BCUT2D eigenvalue weighted by Gasteiger charge is -2.35. The number of hydrogen-bond donors (Lipinski definition) is 1. The average molecular weight is 266 g/mol. The van der Waals surface area contributed by atoms with Crippen molar-refractivity contribution in [3.8, 4) is 0 Å². The smallest absolute Gasteiger partial charge is 0.335 e. The first-order chi connectivity index (χ1) is 9.05. The standard InChI is InChI=1S/C14H22N2O3/c1-4-16(5-2)12(17)11-10(3)13(18)19-14(11)6-8-15-9-7-14/h15H,4-9H2,1-3H3. The lowest BCUT2D eigenvalue weighted by atomic mass is 9.83. The quantitative estimate of drug-likeness (QED) is 0.769. The molecule has 1 N–H and O–H groups in total. The molecule has 1 amide bonds. The van der Waals surface area contributed by atoms with Gasteiger partial charge in [0.05, 0.1) is 5.57 Å². The van der Waals surface area contributed by atoms with Crippen LogP contribution in [0.25, 0.3) is 0 Å². The molecule has 0 bridgehead atoms. The van der Waals surface area contributed by atoms with Crippen LogP contribution in [0.5, 0.6) is 0 Å². The van der Waals surface area contributed by atoms with Gasteiger partial charge in [-0.05, 0) is 33.9 Å². The molecule has 0 aromatic rings. The highest BCUT2D eigenvalue weighted by Gasteiger charge is 2.50. The second kappa shape index (κ2) is 5.33. The summed E-state index contributed by atoms with van der Waals surface area (Å²) >= 11 is 0. The van der Waals surface area contributed by atoms with Crippen LogP contribution in [0, 0.1) is 0 Å². The van der Waals surface area contributed by atoms with E-state index >= 15 is 0 Å². The van der Waals surface area contributed by atoms with Crippen molar-refractivity contribution in [2.24, 2.45) is 0 Å². The molecule has 0 aromatic carbocycles. The van der Waals surface area contributed by atoms with Crippen LogP contribution in [0.3, 0.4) is 0 Å². The Bertz CT molecular complexity index is 418. The Morgan fingerprint density at radius 3 is 2.42 bits per heavy atom. The molecule has 19 heavy (non-hydrogen) atoms. The number of amides is 1. The average Bonchev–Trinajstić information content (AvgIpc) is 2.63. The summed E-state index contributed by atoms with van der Waals surface area (Å²) in [5, 5.41) is 3.24. The van der Waals surface area contributed by atoms with Gasteiger partial charge >= 0.3 is 5.97 Å². The van der Waals surface area contributed by atoms with Gasteiger partial charge in [0.2, 0.25) is 0 Å². The predicted octanol–water partition coefficient (Wildman–Crippen LogP) is 0.850. The molecule has 5 nitrogen and oxygen atoms in total. The number of esters is 1. The maximum Gasteiger partial charge on any atom is 0.335 e. The second-order valence-electron chi connectivity index (χ2n) is 5.11. The summed E-state index contributed by atoms with van der Waals surface area (Å²) in [6, 6.07) is 0. The van der Waals surface area contributed by atoms with Crippen molar-refractivity contribution in [3.05, 3.63) is 11.1 Å². The topological polar surface area (TPSA) is 58.6 Å². The fraction of sp³-hybridized carbons (Fsp3) is 0.714. The summed E-state index contributed by atoms with van der Waals surface area (Å²) in [7, 11) is 0. The first-order valence-corrected chi connectivity index (χ1v) is 7.00. The van der Waals surface area contributed by atoms with Crippen LogP contribution in [0.15, 0.2) is 11.1 Å². The van der Waals surface area contributed by atoms with Crippen molar-refractivity contribution in [2.75, 3.05) is 26.2 Å². The van der Waals surface area contributed by atoms with Gasteiger partial charge in [-0.25, -0.2) is 4.79 Å². The predicted molar refractivity (Wildman–Crippen MR) is 71.6 cm³/mol. The molecule has 1 spiro atoms. The number of carbonyl (C=O) groups is 2. The maximum absolute atomic E-state index is 12.7. The zero-order valence-corrected chi connectivity index (χ0v) is 11.9. The van der Waals surface area contributed by atoms with E-state index in [4.69, 9.17) is 4.74 Å². The molecule has 5 heteroatoms. The first kappa shape index (κ1) is 14.1. The van der Waals surface area contributed by atoms with Crippen LogP contribution in [0.2, 0.25) is 0 Å². The van der Waals surface area contributed by atoms with Crippen molar-refractivity contribution in [1.82, 2.24) is 10.2 Å². The molecule has 1 saturated heterocycles.